The highest BCUT2D eigenvalue weighted by Crippen LogP contribution is 2.22. The maximum absolute atomic E-state index is 5.39. The maximum Gasteiger partial charge on any atom is 0.226 e. The number of rotatable bonds is 5. The van der Waals surface area contributed by atoms with Gasteiger partial charge in [0.2, 0.25) is 5.89 Å². The second-order valence-electron chi connectivity index (χ2n) is 5.89. The molecule has 1 aliphatic rings. The topological polar surface area (TPSA) is 63.8 Å². The van der Waals surface area contributed by atoms with Crippen molar-refractivity contribution >= 4 is 0 Å². The molecule has 1 N–H and O–H groups in total. The first-order valence-electron chi connectivity index (χ1n) is 7.73. The van der Waals surface area contributed by atoms with Crippen molar-refractivity contribution in [3.8, 4) is 0 Å². The summed E-state index contributed by atoms with van der Waals surface area (Å²) in [6, 6.07) is 5.86. The van der Waals surface area contributed by atoms with Crippen LogP contribution in [-0.4, -0.2) is 28.2 Å². The summed E-state index contributed by atoms with van der Waals surface area (Å²) in [4.78, 5) is 8.79. The van der Waals surface area contributed by atoms with Crippen molar-refractivity contribution in [3.63, 3.8) is 0 Å². The number of aromatic nitrogens is 3. The van der Waals surface area contributed by atoms with E-state index < -0.39 is 0 Å². The smallest absolute Gasteiger partial charge is 0.226 e. The average Bonchev–Trinajstić information content (AvgIpc) is 2.96. The van der Waals surface area contributed by atoms with E-state index in [1.165, 1.54) is 12.8 Å². The van der Waals surface area contributed by atoms with Crippen LogP contribution >= 0.6 is 0 Å². The lowest BCUT2D eigenvalue weighted by Gasteiger charge is -2.27. The van der Waals surface area contributed by atoms with Gasteiger partial charge in [0.25, 0.3) is 0 Å². The lowest BCUT2D eigenvalue weighted by molar-refractivity contribution is 0.256. The van der Waals surface area contributed by atoms with Crippen LogP contribution in [0.4, 0.5) is 0 Å². The molecule has 0 amide bonds. The van der Waals surface area contributed by atoms with Crippen LogP contribution in [0.5, 0.6) is 0 Å². The first kappa shape index (κ1) is 14.2. The molecule has 5 nitrogen and oxygen atoms in total. The Balaban J connectivity index is 1.57. The van der Waals surface area contributed by atoms with Gasteiger partial charge in [0.05, 0.1) is 6.42 Å². The zero-order valence-corrected chi connectivity index (χ0v) is 12.5. The number of nitrogens with one attached hydrogen (secondary N) is 1. The third-order valence-electron chi connectivity index (χ3n) is 4.21. The van der Waals surface area contributed by atoms with Gasteiger partial charge in [-0.15, -0.1) is 0 Å². The minimum Gasteiger partial charge on any atom is -0.339 e. The molecule has 3 heterocycles. The Hall–Kier alpha value is -1.75. The Kier molecular flexibility index (Phi) is 4.60. The van der Waals surface area contributed by atoms with E-state index in [-0.39, 0.29) is 0 Å². The predicted molar refractivity (Wildman–Crippen MR) is 79.8 cm³/mol. The Morgan fingerprint density at radius 2 is 2.38 bits per heavy atom. The van der Waals surface area contributed by atoms with E-state index in [4.69, 9.17) is 4.52 Å². The summed E-state index contributed by atoms with van der Waals surface area (Å²) in [5, 5.41) is 7.53. The molecular formula is C16H22N4O. The quantitative estimate of drug-likeness (QED) is 0.913. The van der Waals surface area contributed by atoms with Gasteiger partial charge in [-0.05, 0) is 49.9 Å². The van der Waals surface area contributed by atoms with Crippen LogP contribution < -0.4 is 5.32 Å². The van der Waals surface area contributed by atoms with Gasteiger partial charge in [0, 0.05) is 18.3 Å². The SMILES string of the molecule is CC(Cc1nc(Cc2ccccn2)no1)C1CCCNC1. The molecule has 0 aromatic carbocycles. The molecule has 112 valence electrons. The number of hydrogen-bond donors (Lipinski definition) is 1. The summed E-state index contributed by atoms with van der Waals surface area (Å²) in [7, 11) is 0. The molecule has 1 fully saturated rings. The van der Waals surface area contributed by atoms with Gasteiger partial charge >= 0.3 is 0 Å². The lowest BCUT2D eigenvalue weighted by Crippen LogP contribution is -2.33. The lowest BCUT2D eigenvalue weighted by atomic mass is 9.85. The molecule has 1 saturated heterocycles. The number of hydrogen-bond acceptors (Lipinski definition) is 5. The van der Waals surface area contributed by atoms with Gasteiger partial charge in [-0.25, -0.2) is 0 Å². The summed E-state index contributed by atoms with van der Waals surface area (Å²) < 4.78 is 5.39. The molecule has 2 unspecified atom stereocenters. The van der Waals surface area contributed by atoms with Crippen molar-refractivity contribution in [3.05, 3.63) is 41.8 Å². The van der Waals surface area contributed by atoms with Crippen LogP contribution in [0, 0.1) is 11.8 Å². The van der Waals surface area contributed by atoms with E-state index in [1.54, 1.807) is 6.20 Å². The Morgan fingerprint density at radius 1 is 1.43 bits per heavy atom. The van der Waals surface area contributed by atoms with E-state index in [1.807, 2.05) is 18.2 Å². The minimum absolute atomic E-state index is 0.570. The number of pyridine rings is 1. The number of piperidine rings is 1. The Bertz CT molecular complexity index is 548. The molecule has 0 saturated carbocycles. The molecule has 5 heteroatoms. The van der Waals surface area contributed by atoms with E-state index >= 15 is 0 Å². The van der Waals surface area contributed by atoms with Gasteiger partial charge in [-0.2, -0.15) is 4.98 Å². The summed E-state index contributed by atoms with van der Waals surface area (Å²) in [5.74, 6) is 2.75. The fraction of sp³-hybridized carbons (Fsp3) is 0.562. The van der Waals surface area contributed by atoms with Crippen molar-refractivity contribution in [1.29, 1.82) is 0 Å². The zero-order valence-electron chi connectivity index (χ0n) is 12.5. The number of nitrogens with zero attached hydrogens (tertiary/aromatic N) is 3. The van der Waals surface area contributed by atoms with Crippen LogP contribution in [0.1, 0.15) is 37.2 Å². The van der Waals surface area contributed by atoms with Crippen molar-refractivity contribution in [1.82, 2.24) is 20.4 Å². The molecule has 2 aromatic rings. The van der Waals surface area contributed by atoms with E-state index in [0.29, 0.717) is 18.3 Å². The van der Waals surface area contributed by atoms with Gasteiger partial charge in [-0.3, -0.25) is 4.98 Å². The van der Waals surface area contributed by atoms with Crippen LogP contribution in [0.2, 0.25) is 0 Å². The molecule has 2 aromatic heterocycles. The third kappa shape index (κ3) is 3.88. The van der Waals surface area contributed by atoms with Crippen molar-refractivity contribution in [2.75, 3.05) is 13.1 Å². The van der Waals surface area contributed by atoms with Crippen LogP contribution in [0.25, 0.3) is 0 Å². The van der Waals surface area contributed by atoms with Gasteiger partial charge < -0.3 is 9.84 Å². The zero-order chi connectivity index (χ0) is 14.5. The van der Waals surface area contributed by atoms with Crippen molar-refractivity contribution < 1.29 is 4.52 Å². The monoisotopic (exact) mass is 286 g/mol. The molecule has 0 spiro atoms. The molecule has 3 rings (SSSR count). The van der Waals surface area contributed by atoms with Gasteiger partial charge in [0.1, 0.15) is 0 Å². The second kappa shape index (κ2) is 6.80. The standard InChI is InChI=1S/C16H22N4O/c1-12(13-5-4-7-17-11-13)9-16-19-15(20-21-16)10-14-6-2-3-8-18-14/h2-3,6,8,12-13,17H,4-5,7,9-11H2,1H3. The van der Waals surface area contributed by atoms with Crippen LogP contribution in [0.15, 0.2) is 28.9 Å². The first-order valence-corrected chi connectivity index (χ1v) is 7.73. The fourth-order valence-electron chi connectivity index (χ4n) is 2.92. The second-order valence-corrected chi connectivity index (χ2v) is 5.89. The van der Waals surface area contributed by atoms with Gasteiger partial charge in [0.15, 0.2) is 5.82 Å². The average molecular weight is 286 g/mol. The molecule has 1 aliphatic heterocycles. The highest BCUT2D eigenvalue weighted by atomic mass is 16.5. The first-order chi connectivity index (χ1) is 10.3. The normalized spacial score (nSPS) is 20.3. The Morgan fingerprint density at radius 3 is 3.14 bits per heavy atom. The highest BCUT2D eigenvalue weighted by molar-refractivity contribution is 5.09. The predicted octanol–water partition coefficient (Wildman–Crippen LogP) is 2.23. The maximum atomic E-state index is 5.39. The molecule has 2 atom stereocenters. The van der Waals surface area contributed by atoms with E-state index in [9.17, 15) is 0 Å². The Labute approximate surface area is 125 Å². The van der Waals surface area contributed by atoms with Crippen LogP contribution in [-0.2, 0) is 12.8 Å². The summed E-state index contributed by atoms with van der Waals surface area (Å²) in [5.41, 5.74) is 0.967. The largest absolute Gasteiger partial charge is 0.339 e. The fourth-order valence-corrected chi connectivity index (χ4v) is 2.92. The van der Waals surface area contributed by atoms with Crippen LogP contribution in [0.3, 0.4) is 0 Å². The summed E-state index contributed by atoms with van der Waals surface area (Å²) >= 11 is 0. The molecule has 0 aliphatic carbocycles. The van der Waals surface area contributed by atoms with E-state index in [0.717, 1.165) is 36.9 Å². The van der Waals surface area contributed by atoms with E-state index in [2.05, 4.69) is 27.4 Å². The van der Waals surface area contributed by atoms with Crippen molar-refractivity contribution in [2.24, 2.45) is 11.8 Å². The summed E-state index contributed by atoms with van der Waals surface area (Å²) in [6.07, 6.45) is 5.84. The highest BCUT2D eigenvalue weighted by Gasteiger charge is 2.22. The third-order valence-corrected chi connectivity index (χ3v) is 4.21. The molecular weight excluding hydrogens is 264 g/mol. The minimum atomic E-state index is 0.570. The summed E-state index contributed by atoms with van der Waals surface area (Å²) in [6.45, 7) is 4.54. The molecule has 0 bridgehead atoms. The molecule has 0 radical (unpaired) electrons. The van der Waals surface area contributed by atoms with Crippen molar-refractivity contribution in [2.45, 2.75) is 32.6 Å². The van der Waals surface area contributed by atoms with Gasteiger partial charge in [-0.1, -0.05) is 18.1 Å². The molecule has 21 heavy (non-hydrogen) atoms.